The Morgan fingerprint density at radius 2 is 1.69 bits per heavy atom. The Kier molecular flexibility index (Phi) is 4.93. The smallest absolute Gasteiger partial charge is 0.165 e. The van der Waals surface area contributed by atoms with Gasteiger partial charge in [0.1, 0.15) is 5.75 Å². The Balaban J connectivity index is 0.00000205. The maximum Gasteiger partial charge on any atom is 0.165 e. The highest BCUT2D eigenvalue weighted by atomic mass is 35.5. The van der Waals surface area contributed by atoms with Gasteiger partial charge in [-0.2, -0.15) is 0 Å². The monoisotopic (exact) mass is 409 g/mol. The topological polar surface area (TPSA) is 63.9 Å². The van der Waals surface area contributed by atoms with Crippen molar-refractivity contribution < 1.29 is 15.3 Å². The van der Waals surface area contributed by atoms with Crippen molar-refractivity contribution in [3.05, 3.63) is 65.2 Å². The molecule has 0 amide bonds. The van der Waals surface area contributed by atoms with Crippen LogP contribution in [0, 0.1) is 0 Å². The van der Waals surface area contributed by atoms with Crippen LogP contribution >= 0.6 is 12.4 Å². The van der Waals surface area contributed by atoms with Crippen LogP contribution in [0.4, 0.5) is 0 Å². The molecule has 1 heterocycles. The van der Waals surface area contributed by atoms with E-state index in [1.54, 1.807) is 18.2 Å². The SMILES string of the molecule is CCN1CCc2cc(-c3ccc(O)cc3)cc3c2[C@H]1Cc1ccc(O)c(O)c1-3.Cl. The zero-order valence-electron chi connectivity index (χ0n) is 16.2. The number of nitrogens with zero attached hydrogens (tertiary/aromatic N) is 1. The number of aromatic hydroxyl groups is 3. The van der Waals surface area contributed by atoms with Crippen LogP contribution in [0.2, 0.25) is 0 Å². The predicted octanol–water partition coefficient (Wildman–Crippen LogP) is 5.03. The molecule has 1 atom stereocenters. The highest BCUT2D eigenvalue weighted by Gasteiger charge is 2.35. The summed E-state index contributed by atoms with van der Waals surface area (Å²) in [6, 6.07) is 15.4. The first-order valence-electron chi connectivity index (χ1n) is 9.81. The van der Waals surface area contributed by atoms with E-state index in [2.05, 4.69) is 24.0 Å². The minimum absolute atomic E-state index is 0. The van der Waals surface area contributed by atoms with E-state index >= 15 is 0 Å². The summed E-state index contributed by atoms with van der Waals surface area (Å²) < 4.78 is 0. The van der Waals surface area contributed by atoms with Crippen molar-refractivity contribution in [2.45, 2.75) is 25.8 Å². The molecule has 2 aliphatic rings. The molecule has 3 aromatic carbocycles. The van der Waals surface area contributed by atoms with Crippen LogP contribution in [-0.4, -0.2) is 33.3 Å². The van der Waals surface area contributed by atoms with Gasteiger partial charge in [0.25, 0.3) is 0 Å². The maximum absolute atomic E-state index is 10.7. The fourth-order valence-electron chi connectivity index (χ4n) is 4.85. The molecule has 0 aromatic heterocycles. The minimum atomic E-state index is -0.0795. The molecule has 1 aliphatic heterocycles. The zero-order valence-corrected chi connectivity index (χ0v) is 17.0. The second-order valence-electron chi connectivity index (χ2n) is 7.71. The molecule has 1 aliphatic carbocycles. The van der Waals surface area contributed by atoms with E-state index in [9.17, 15) is 15.3 Å². The van der Waals surface area contributed by atoms with Gasteiger partial charge >= 0.3 is 0 Å². The van der Waals surface area contributed by atoms with Crippen LogP contribution < -0.4 is 0 Å². The van der Waals surface area contributed by atoms with Gasteiger partial charge in [-0.15, -0.1) is 12.4 Å². The number of phenols is 3. The van der Waals surface area contributed by atoms with E-state index < -0.39 is 0 Å². The highest BCUT2D eigenvalue weighted by molar-refractivity contribution is 5.86. The van der Waals surface area contributed by atoms with Gasteiger partial charge < -0.3 is 15.3 Å². The van der Waals surface area contributed by atoms with Crippen molar-refractivity contribution in [2.24, 2.45) is 0 Å². The average molecular weight is 410 g/mol. The van der Waals surface area contributed by atoms with Gasteiger partial charge in [0.2, 0.25) is 0 Å². The number of halogens is 1. The second-order valence-corrected chi connectivity index (χ2v) is 7.71. The largest absolute Gasteiger partial charge is 0.508 e. The summed E-state index contributed by atoms with van der Waals surface area (Å²) in [4.78, 5) is 2.50. The van der Waals surface area contributed by atoms with Gasteiger partial charge in [0.05, 0.1) is 0 Å². The lowest BCUT2D eigenvalue weighted by molar-refractivity contribution is 0.192. The summed E-state index contributed by atoms with van der Waals surface area (Å²) in [5, 5.41) is 30.4. The lowest BCUT2D eigenvalue weighted by Crippen LogP contribution is -2.38. The minimum Gasteiger partial charge on any atom is -0.508 e. The van der Waals surface area contributed by atoms with Crippen molar-refractivity contribution in [2.75, 3.05) is 13.1 Å². The van der Waals surface area contributed by atoms with Gasteiger partial charge in [-0.3, -0.25) is 4.90 Å². The molecule has 0 saturated heterocycles. The predicted molar refractivity (Wildman–Crippen MR) is 117 cm³/mol. The molecule has 5 rings (SSSR count). The number of phenolic OH excluding ortho intramolecular Hbond substituents is 3. The van der Waals surface area contributed by atoms with Gasteiger partial charge in [0, 0.05) is 18.2 Å². The molecule has 4 nitrogen and oxygen atoms in total. The maximum atomic E-state index is 10.7. The molecule has 3 aromatic rings. The summed E-state index contributed by atoms with van der Waals surface area (Å²) in [6.07, 6.45) is 1.81. The number of hydrogen-bond donors (Lipinski definition) is 3. The van der Waals surface area contributed by atoms with Crippen molar-refractivity contribution in [3.63, 3.8) is 0 Å². The summed E-state index contributed by atoms with van der Waals surface area (Å²) in [5.41, 5.74) is 7.52. The normalized spacial score (nSPS) is 17.2. The molecule has 0 unspecified atom stereocenters. The van der Waals surface area contributed by atoms with Gasteiger partial charge in [0.15, 0.2) is 11.5 Å². The lowest BCUT2D eigenvalue weighted by Gasteiger charge is -2.41. The van der Waals surface area contributed by atoms with Gasteiger partial charge in [-0.05, 0) is 77.0 Å². The van der Waals surface area contributed by atoms with Crippen LogP contribution in [-0.2, 0) is 12.8 Å². The second kappa shape index (κ2) is 7.29. The molecule has 0 fully saturated rings. The third kappa shape index (κ3) is 3.04. The summed E-state index contributed by atoms with van der Waals surface area (Å²) in [6.45, 7) is 4.20. The Hall–Kier alpha value is -2.69. The first-order valence-corrected chi connectivity index (χ1v) is 9.81. The third-order valence-corrected chi connectivity index (χ3v) is 6.24. The van der Waals surface area contributed by atoms with E-state index in [0.29, 0.717) is 6.04 Å². The first kappa shape index (κ1) is 19.6. The van der Waals surface area contributed by atoms with E-state index in [1.165, 1.54) is 11.1 Å². The van der Waals surface area contributed by atoms with Crippen molar-refractivity contribution in [1.82, 2.24) is 4.90 Å². The molecular formula is C24H24ClNO3. The van der Waals surface area contributed by atoms with Crippen LogP contribution in [0.5, 0.6) is 17.2 Å². The third-order valence-electron chi connectivity index (χ3n) is 6.24. The first-order chi connectivity index (χ1) is 13.6. The highest BCUT2D eigenvalue weighted by Crippen LogP contribution is 2.51. The average Bonchev–Trinajstić information content (AvgIpc) is 2.71. The van der Waals surface area contributed by atoms with E-state index in [4.69, 9.17) is 0 Å². The van der Waals surface area contributed by atoms with Crippen LogP contribution in [0.15, 0.2) is 48.5 Å². The fraction of sp³-hybridized carbons (Fsp3) is 0.250. The Labute approximate surface area is 176 Å². The molecular weight excluding hydrogens is 386 g/mol. The van der Waals surface area contributed by atoms with Crippen molar-refractivity contribution >= 4 is 12.4 Å². The summed E-state index contributed by atoms with van der Waals surface area (Å²) in [7, 11) is 0. The number of rotatable bonds is 2. The molecule has 5 heteroatoms. The molecule has 0 spiro atoms. The van der Waals surface area contributed by atoms with Crippen LogP contribution in [0.3, 0.4) is 0 Å². The lowest BCUT2D eigenvalue weighted by atomic mass is 9.75. The molecule has 29 heavy (non-hydrogen) atoms. The van der Waals surface area contributed by atoms with Gasteiger partial charge in [-0.1, -0.05) is 31.2 Å². The van der Waals surface area contributed by atoms with Crippen molar-refractivity contribution in [1.29, 1.82) is 0 Å². The van der Waals surface area contributed by atoms with E-state index in [-0.39, 0.29) is 29.7 Å². The Morgan fingerprint density at radius 1 is 0.931 bits per heavy atom. The Morgan fingerprint density at radius 3 is 2.41 bits per heavy atom. The number of hydrogen-bond acceptors (Lipinski definition) is 4. The number of benzene rings is 3. The number of likely N-dealkylation sites (N-methyl/N-ethyl adjacent to an activating group) is 1. The van der Waals surface area contributed by atoms with Crippen molar-refractivity contribution in [3.8, 4) is 39.5 Å². The standard InChI is InChI=1S/C24H23NO3.ClH/c1-2-25-10-9-16-11-17(14-3-6-18(26)7-4-14)12-19-22(16)20(25)13-15-5-8-21(27)24(28)23(15)19;/h3-8,11-12,20,26-28H,2,9-10,13H2,1H3;1H/t20-;/m1./s1. The summed E-state index contributed by atoms with van der Waals surface area (Å²) >= 11 is 0. The molecule has 0 bridgehead atoms. The van der Waals surface area contributed by atoms with E-state index in [0.717, 1.165) is 53.7 Å². The van der Waals surface area contributed by atoms with Crippen LogP contribution in [0.25, 0.3) is 22.3 Å². The quantitative estimate of drug-likeness (QED) is 0.519. The van der Waals surface area contributed by atoms with E-state index in [1.807, 2.05) is 18.2 Å². The molecule has 150 valence electrons. The molecule has 3 N–H and O–H groups in total. The van der Waals surface area contributed by atoms with Crippen LogP contribution in [0.1, 0.15) is 29.7 Å². The van der Waals surface area contributed by atoms with Gasteiger partial charge in [-0.25, -0.2) is 0 Å². The zero-order chi connectivity index (χ0) is 19.4. The summed E-state index contributed by atoms with van der Waals surface area (Å²) in [5.74, 6) is 0.133. The number of fused-ring (bicyclic) bond motifs is 2. The fourth-order valence-corrected chi connectivity index (χ4v) is 4.85. The Bertz CT molecular complexity index is 1080. The molecule has 0 saturated carbocycles. The molecule has 0 radical (unpaired) electrons.